The first-order valence-electron chi connectivity index (χ1n) is 13.0. The molecule has 2 aliphatic heterocycles. The van der Waals surface area contributed by atoms with Gasteiger partial charge in [0.2, 0.25) is 5.82 Å². The quantitative estimate of drug-likeness (QED) is 0.467. The molecule has 3 aromatic rings. The number of fused-ring (bicyclic) bond motifs is 1. The molecule has 0 bridgehead atoms. The van der Waals surface area contributed by atoms with E-state index < -0.39 is 0 Å². The molecule has 1 aromatic carbocycles. The maximum atomic E-state index is 9.59. The number of rotatable bonds is 8. The zero-order chi connectivity index (χ0) is 24.2. The molecule has 2 aromatic heterocycles. The van der Waals surface area contributed by atoms with Crippen molar-refractivity contribution < 1.29 is 9.47 Å². The van der Waals surface area contributed by atoms with E-state index in [4.69, 9.17) is 9.47 Å². The van der Waals surface area contributed by atoms with Crippen LogP contribution in [0, 0.1) is 30.1 Å². The lowest BCUT2D eigenvalue weighted by Crippen LogP contribution is -2.33. The highest BCUT2D eigenvalue weighted by molar-refractivity contribution is 5.91. The molecule has 2 saturated heterocycles. The number of likely N-dealkylation sites (tertiary alicyclic amines) is 1. The summed E-state index contributed by atoms with van der Waals surface area (Å²) < 4.78 is 13.9. The third kappa shape index (κ3) is 5.34. The Morgan fingerprint density at radius 2 is 2.00 bits per heavy atom. The van der Waals surface area contributed by atoms with Crippen LogP contribution in [0.3, 0.4) is 0 Å². The van der Waals surface area contributed by atoms with Gasteiger partial charge in [-0.2, -0.15) is 5.26 Å². The van der Waals surface area contributed by atoms with E-state index in [-0.39, 0.29) is 5.82 Å². The average Bonchev–Trinajstić information content (AvgIpc) is 3.55. The topological polar surface area (TPSA) is 76.2 Å². The zero-order valence-electron chi connectivity index (χ0n) is 20.9. The predicted molar refractivity (Wildman–Crippen MR) is 136 cm³/mol. The van der Waals surface area contributed by atoms with Crippen LogP contribution in [0.2, 0.25) is 0 Å². The SMILES string of the molecule is CCN1CCC(CCOc2ccc(-c3nc(C#N)nc4c3ccn4CC3CCOC3)cc2C)CC1. The molecule has 0 N–H and O–H groups in total. The van der Waals surface area contributed by atoms with Gasteiger partial charge in [-0.05, 0) is 88.0 Å². The Kier molecular flexibility index (Phi) is 7.31. The van der Waals surface area contributed by atoms with Crippen molar-refractivity contribution in [3.63, 3.8) is 0 Å². The van der Waals surface area contributed by atoms with Crippen molar-refractivity contribution in [2.45, 2.75) is 46.1 Å². The van der Waals surface area contributed by atoms with Crippen molar-refractivity contribution in [2.75, 3.05) is 39.5 Å². The first-order chi connectivity index (χ1) is 17.1. The molecule has 0 radical (unpaired) electrons. The van der Waals surface area contributed by atoms with E-state index in [1.54, 1.807) is 0 Å². The van der Waals surface area contributed by atoms with E-state index >= 15 is 0 Å². The first kappa shape index (κ1) is 23.8. The molecular weight excluding hydrogens is 438 g/mol. The van der Waals surface area contributed by atoms with E-state index in [2.05, 4.69) is 57.7 Å². The van der Waals surface area contributed by atoms with Crippen LogP contribution >= 0.6 is 0 Å². The summed E-state index contributed by atoms with van der Waals surface area (Å²) >= 11 is 0. The minimum Gasteiger partial charge on any atom is -0.493 e. The predicted octanol–water partition coefficient (Wildman–Crippen LogP) is 4.82. The van der Waals surface area contributed by atoms with Crippen molar-refractivity contribution >= 4 is 11.0 Å². The smallest absolute Gasteiger partial charge is 0.234 e. The van der Waals surface area contributed by atoms with Crippen LogP contribution < -0.4 is 4.74 Å². The molecule has 7 nitrogen and oxygen atoms in total. The lowest BCUT2D eigenvalue weighted by molar-refractivity contribution is 0.169. The number of aromatic nitrogens is 3. The Labute approximate surface area is 207 Å². The minimum atomic E-state index is 0.197. The van der Waals surface area contributed by atoms with Gasteiger partial charge < -0.3 is 18.9 Å². The lowest BCUT2D eigenvalue weighted by Gasteiger charge is -2.30. The molecule has 2 fully saturated rings. The lowest BCUT2D eigenvalue weighted by atomic mass is 9.94. The fourth-order valence-corrected chi connectivity index (χ4v) is 5.37. The Morgan fingerprint density at radius 1 is 1.14 bits per heavy atom. The van der Waals surface area contributed by atoms with Gasteiger partial charge >= 0.3 is 0 Å². The summed E-state index contributed by atoms with van der Waals surface area (Å²) in [6.07, 6.45) is 6.76. The molecule has 184 valence electrons. The van der Waals surface area contributed by atoms with Gasteiger partial charge in [0.15, 0.2) is 0 Å². The summed E-state index contributed by atoms with van der Waals surface area (Å²) in [6, 6.07) is 10.4. The summed E-state index contributed by atoms with van der Waals surface area (Å²) in [7, 11) is 0. The molecule has 2 aliphatic rings. The second kappa shape index (κ2) is 10.8. The number of nitriles is 1. The van der Waals surface area contributed by atoms with Crippen LogP contribution in [0.5, 0.6) is 5.75 Å². The number of hydrogen-bond acceptors (Lipinski definition) is 6. The highest BCUT2D eigenvalue weighted by Gasteiger charge is 2.20. The second-order valence-corrected chi connectivity index (χ2v) is 9.94. The number of ether oxygens (including phenoxy) is 2. The highest BCUT2D eigenvalue weighted by Crippen LogP contribution is 2.31. The van der Waals surface area contributed by atoms with E-state index in [0.29, 0.717) is 5.92 Å². The monoisotopic (exact) mass is 473 g/mol. The van der Waals surface area contributed by atoms with Crippen molar-refractivity contribution in [2.24, 2.45) is 11.8 Å². The van der Waals surface area contributed by atoms with E-state index in [1.807, 2.05) is 12.1 Å². The van der Waals surface area contributed by atoms with Gasteiger partial charge in [0.25, 0.3) is 0 Å². The fourth-order valence-electron chi connectivity index (χ4n) is 5.37. The summed E-state index contributed by atoms with van der Waals surface area (Å²) in [5.74, 6) is 2.36. The zero-order valence-corrected chi connectivity index (χ0v) is 20.9. The van der Waals surface area contributed by atoms with E-state index in [0.717, 1.165) is 85.3 Å². The van der Waals surface area contributed by atoms with Gasteiger partial charge in [0, 0.05) is 36.2 Å². The Bertz CT molecular complexity index is 1200. The first-order valence-corrected chi connectivity index (χ1v) is 13.0. The number of benzene rings is 1. The Hall–Kier alpha value is -2.95. The molecule has 7 heteroatoms. The van der Waals surface area contributed by atoms with Crippen LogP contribution in [-0.4, -0.2) is 58.9 Å². The van der Waals surface area contributed by atoms with E-state index in [9.17, 15) is 5.26 Å². The van der Waals surface area contributed by atoms with Crippen LogP contribution in [0.4, 0.5) is 0 Å². The molecule has 0 amide bonds. The van der Waals surface area contributed by atoms with Crippen LogP contribution in [0.25, 0.3) is 22.3 Å². The van der Waals surface area contributed by atoms with Gasteiger partial charge in [-0.1, -0.05) is 6.92 Å². The summed E-state index contributed by atoms with van der Waals surface area (Å²) in [5, 5.41) is 10.6. The normalized spacial score (nSPS) is 19.3. The summed E-state index contributed by atoms with van der Waals surface area (Å²) in [4.78, 5) is 11.7. The van der Waals surface area contributed by atoms with Crippen LogP contribution in [0.1, 0.15) is 44.0 Å². The molecule has 1 atom stereocenters. The maximum Gasteiger partial charge on any atom is 0.234 e. The number of hydrogen-bond donors (Lipinski definition) is 0. The minimum absolute atomic E-state index is 0.197. The molecule has 4 heterocycles. The average molecular weight is 474 g/mol. The van der Waals surface area contributed by atoms with E-state index in [1.165, 1.54) is 25.9 Å². The van der Waals surface area contributed by atoms with Gasteiger partial charge in [0.05, 0.1) is 18.9 Å². The molecule has 1 unspecified atom stereocenters. The molecule has 35 heavy (non-hydrogen) atoms. The number of nitrogens with zero attached hydrogens (tertiary/aromatic N) is 5. The van der Waals surface area contributed by atoms with Gasteiger partial charge in [0.1, 0.15) is 17.5 Å². The fraction of sp³-hybridized carbons (Fsp3) is 0.536. The van der Waals surface area contributed by atoms with Crippen molar-refractivity contribution in [3.8, 4) is 23.1 Å². The molecule has 0 spiro atoms. The number of piperidine rings is 1. The second-order valence-electron chi connectivity index (χ2n) is 9.94. The number of aryl methyl sites for hydroxylation is 1. The van der Waals surface area contributed by atoms with Gasteiger partial charge in [-0.15, -0.1) is 0 Å². The molecule has 5 rings (SSSR count). The molecule has 0 aliphatic carbocycles. The largest absolute Gasteiger partial charge is 0.493 e. The standard InChI is InChI=1S/C28H35N5O2/c1-3-32-11-6-21(7-12-32)10-15-35-25-5-4-23(16-20(25)2)27-24-8-13-33(18-22-9-14-34-19-22)28(24)31-26(17-29)30-27/h4-5,8,13,16,21-22H,3,6-7,9-12,14-15,18-19H2,1-2H3. The Balaban J connectivity index is 1.31. The highest BCUT2D eigenvalue weighted by atomic mass is 16.5. The maximum absolute atomic E-state index is 9.59. The third-order valence-corrected chi connectivity index (χ3v) is 7.58. The summed E-state index contributed by atoms with van der Waals surface area (Å²) in [5.41, 5.74) is 3.67. The van der Waals surface area contributed by atoms with Gasteiger partial charge in [-0.25, -0.2) is 9.97 Å². The molecular formula is C28H35N5O2. The summed E-state index contributed by atoms with van der Waals surface area (Å²) in [6.45, 7) is 11.1. The van der Waals surface area contributed by atoms with Crippen molar-refractivity contribution in [1.29, 1.82) is 5.26 Å². The van der Waals surface area contributed by atoms with Crippen molar-refractivity contribution in [1.82, 2.24) is 19.4 Å². The Morgan fingerprint density at radius 3 is 2.71 bits per heavy atom. The van der Waals surface area contributed by atoms with Crippen LogP contribution in [-0.2, 0) is 11.3 Å². The third-order valence-electron chi connectivity index (χ3n) is 7.58. The van der Waals surface area contributed by atoms with Gasteiger partial charge in [-0.3, -0.25) is 0 Å². The molecule has 0 saturated carbocycles. The van der Waals surface area contributed by atoms with Crippen LogP contribution in [0.15, 0.2) is 30.5 Å². The van der Waals surface area contributed by atoms with Crippen molar-refractivity contribution in [3.05, 3.63) is 41.9 Å².